The van der Waals surface area contributed by atoms with E-state index in [0.29, 0.717) is 18.3 Å². The zero-order valence-electron chi connectivity index (χ0n) is 9.28. The van der Waals surface area contributed by atoms with Gasteiger partial charge in [-0.15, -0.1) is 11.6 Å². The monoisotopic (exact) mass is 253 g/mol. The second kappa shape index (κ2) is 6.06. The fourth-order valence-corrected chi connectivity index (χ4v) is 2.94. The summed E-state index contributed by atoms with van der Waals surface area (Å²) in [7, 11) is -2.82. The third-order valence-electron chi connectivity index (χ3n) is 2.90. The van der Waals surface area contributed by atoms with Crippen molar-refractivity contribution in [2.24, 2.45) is 5.92 Å². The quantitative estimate of drug-likeness (QED) is 0.695. The third-order valence-corrected chi connectivity index (χ3v) is 4.04. The van der Waals surface area contributed by atoms with Gasteiger partial charge in [0.2, 0.25) is 0 Å². The third kappa shape index (κ3) is 5.73. The Bertz CT molecular complexity index is 277. The van der Waals surface area contributed by atoms with Gasteiger partial charge in [-0.2, -0.15) is 0 Å². The molecule has 0 bridgehead atoms. The van der Waals surface area contributed by atoms with Gasteiger partial charge in [-0.1, -0.05) is 0 Å². The van der Waals surface area contributed by atoms with E-state index in [0.717, 1.165) is 19.5 Å². The Morgan fingerprint density at radius 1 is 1.47 bits per heavy atom. The van der Waals surface area contributed by atoms with Gasteiger partial charge in [0.25, 0.3) is 0 Å². The zero-order chi connectivity index (χ0) is 11.3. The van der Waals surface area contributed by atoms with Gasteiger partial charge in [-0.25, -0.2) is 8.42 Å². The molecule has 5 heteroatoms. The van der Waals surface area contributed by atoms with Crippen LogP contribution in [0.4, 0.5) is 0 Å². The van der Waals surface area contributed by atoms with E-state index < -0.39 is 9.84 Å². The fourth-order valence-electron chi connectivity index (χ4n) is 2.04. The molecule has 0 saturated carbocycles. The van der Waals surface area contributed by atoms with Crippen LogP contribution in [0.1, 0.15) is 19.3 Å². The molecule has 15 heavy (non-hydrogen) atoms. The molecular weight excluding hydrogens is 234 g/mol. The van der Waals surface area contributed by atoms with Crippen molar-refractivity contribution in [3.8, 4) is 0 Å². The summed E-state index contributed by atoms with van der Waals surface area (Å²) >= 11 is 5.72. The Morgan fingerprint density at radius 2 is 2.20 bits per heavy atom. The van der Waals surface area contributed by atoms with Gasteiger partial charge >= 0.3 is 0 Å². The number of sulfone groups is 1. The first-order valence-corrected chi connectivity index (χ1v) is 8.07. The summed E-state index contributed by atoms with van der Waals surface area (Å²) in [5, 5.41) is 0. The van der Waals surface area contributed by atoms with Crippen molar-refractivity contribution in [3.63, 3.8) is 0 Å². The van der Waals surface area contributed by atoms with Gasteiger partial charge in [0.1, 0.15) is 9.84 Å². The SMILES string of the molecule is CS(=O)(=O)CCN1CCCC(CCCl)C1. The molecule has 0 amide bonds. The van der Waals surface area contributed by atoms with E-state index in [-0.39, 0.29) is 5.75 Å². The van der Waals surface area contributed by atoms with Gasteiger partial charge in [-0.05, 0) is 31.7 Å². The zero-order valence-corrected chi connectivity index (χ0v) is 10.9. The molecule has 0 spiro atoms. The largest absolute Gasteiger partial charge is 0.302 e. The van der Waals surface area contributed by atoms with Crippen LogP contribution in [0.15, 0.2) is 0 Å². The number of piperidine rings is 1. The van der Waals surface area contributed by atoms with Crippen molar-refractivity contribution in [2.45, 2.75) is 19.3 Å². The Balaban J connectivity index is 2.30. The maximum Gasteiger partial charge on any atom is 0.148 e. The molecule has 1 aliphatic heterocycles. The van der Waals surface area contributed by atoms with Crippen LogP contribution in [0.5, 0.6) is 0 Å². The van der Waals surface area contributed by atoms with Gasteiger partial charge in [-0.3, -0.25) is 0 Å². The summed E-state index contributed by atoms with van der Waals surface area (Å²) in [4.78, 5) is 2.25. The second-order valence-corrected chi connectivity index (χ2v) is 7.05. The van der Waals surface area contributed by atoms with Crippen LogP contribution in [-0.4, -0.2) is 50.8 Å². The smallest absolute Gasteiger partial charge is 0.148 e. The van der Waals surface area contributed by atoms with Crippen molar-refractivity contribution >= 4 is 21.4 Å². The normalized spacial score (nSPS) is 24.3. The molecular formula is C10H20ClNO2S. The molecule has 1 fully saturated rings. The molecule has 1 unspecified atom stereocenters. The van der Waals surface area contributed by atoms with Crippen LogP contribution in [0.2, 0.25) is 0 Å². The predicted octanol–water partition coefficient (Wildman–Crippen LogP) is 1.37. The van der Waals surface area contributed by atoms with E-state index in [2.05, 4.69) is 4.90 Å². The van der Waals surface area contributed by atoms with E-state index in [1.807, 2.05) is 0 Å². The molecule has 0 aromatic carbocycles. The highest BCUT2D eigenvalue weighted by atomic mass is 35.5. The van der Waals surface area contributed by atoms with Gasteiger partial charge < -0.3 is 4.90 Å². The summed E-state index contributed by atoms with van der Waals surface area (Å²) in [5.74, 6) is 1.65. The minimum absolute atomic E-state index is 0.278. The average Bonchev–Trinajstić information content (AvgIpc) is 2.15. The first-order chi connectivity index (χ1) is 7.01. The lowest BCUT2D eigenvalue weighted by Gasteiger charge is -2.32. The molecule has 1 heterocycles. The number of alkyl halides is 1. The first kappa shape index (κ1) is 13.3. The molecule has 0 aliphatic carbocycles. The van der Waals surface area contributed by atoms with E-state index in [9.17, 15) is 8.42 Å². The maximum atomic E-state index is 11.0. The molecule has 0 aromatic rings. The number of rotatable bonds is 5. The Kier molecular flexibility index (Phi) is 5.36. The molecule has 0 N–H and O–H groups in total. The molecule has 90 valence electrons. The van der Waals surface area contributed by atoms with Crippen LogP contribution >= 0.6 is 11.6 Å². The van der Waals surface area contributed by atoms with Crippen molar-refractivity contribution < 1.29 is 8.42 Å². The molecule has 1 saturated heterocycles. The van der Waals surface area contributed by atoms with Gasteiger partial charge in [0, 0.05) is 25.2 Å². The number of halogens is 1. The van der Waals surface area contributed by atoms with Crippen LogP contribution in [0.3, 0.4) is 0 Å². The topological polar surface area (TPSA) is 37.4 Å². The van der Waals surface area contributed by atoms with Crippen molar-refractivity contribution in [1.29, 1.82) is 0 Å². The highest BCUT2D eigenvalue weighted by Crippen LogP contribution is 2.19. The molecule has 1 atom stereocenters. The highest BCUT2D eigenvalue weighted by molar-refractivity contribution is 7.90. The lowest BCUT2D eigenvalue weighted by molar-refractivity contribution is 0.181. The Morgan fingerprint density at radius 3 is 2.80 bits per heavy atom. The maximum absolute atomic E-state index is 11.0. The van der Waals surface area contributed by atoms with Crippen LogP contribution in [-0.2, 0) is 9.84 Å². The van der Waals surface area contributed by atoms with Crippen molar-refractivity contribution in [2.75, 3.05) is 37.5 Å². The standard InChI is InChI=1S/C10H20ClNO2S/c1-15(13,14)8-7-12-6-2-3-10(9-12)4-5-11/h10H,2-9H2,1H3. The number of likely N-dealkylation sites (tertiary alicyclic amines) is 1. The Labute approximate surface area is 97.7 Å². The van der Waals surface area contributed by atoms with Gasteiger partial charge in [0.05, 0.1) is 5.75 Å². The van der Waals surface area contributed by atoms with Crippen molar-refractivity contribution in [1.82, 2.24) is 4.90 Å². The Hall–Kier alpha value is 0.200. The number of hydrogen-bond acceptors (Lipinski definition) is 3. The number of hydrogen-bond donors (Lipinski definition) is 0. The van der Waals surface area contributed by atoms with E-state index in [4.69, 9.17) is 11.6 Å². The molecule has 1 rings (SSSR count). The highest BCUT2D eigenvalue weighted by Gasteiger charge is 2.19. The molecule has 1 aliphatic rings. The van der Waals surface area contributed by atoms with Crippen molar-refractivity contribution in [3.05, 3.63) is 0 Å². The van der Waals surface area contributed by atoms with Crippen LogP contribution in [0, 0.1) is 5.92 Å². The minimum Gasteiger partial charge on any atom is -0.302 e. The first-order valence-electron chi connectivity index (χ1n) is 5.47. The summed E-state index contributed by atoms with van der Waals surface area (Å²) in [6.07, 6.45) is 4.76. The fraction of sp³-hybridized carbons (Fsp3) is 1.00. The minimum atomic E-state index is -2.82. The summed E-state index contributed by atoms with van der Waals surface area (Å²) in [6.45, 7) is 2.73. The lowest BCUT2D eigenvalue weighted by Crippen LogP contribution is -2.38. The molecule has 3 nitrogen and oxygen atoms in total. The van der Waals surface area contributed by atoms with Gasteiger partial charge in [0.15, 0.2) is 0 Å². The van der Waals surface area contributed by atoms with E-state index in [1.165, 1.54) is 19.1 Å². The van der Waals surface area contributed by atoms with E-state index in [1.54, 1.807) is 0 Å². The second-order valence-electron chi connectivity index (χ2n) is 4.42. The van der Waals surface area contributed by atoms with Crippen LogP contribution in [0.25, 0.3) is 0 Å². The van der Waals surface area contributed by atoms with Crippen LogP contribution < -0.4 is 0 Å². The van der Waals surface area contributed by atoms with E-state index >= 15 is 0 Å². The average molecular weight is 254 g/mol. The summed E-state index contributed by atoms with van der Waals surface area (Å²) in [6, 6.07) is 0. The summed E-state index contributed by atoms with van der Waals surface area (Å²) < 4.78 is 22.1. The number of nitrogens with zero attached hydrogens (tertiary/aromatic N) is 1. The molecule has 0 radical (unpaired) electrons. The summed E-state index contributed by atoms with van der Waals surface area (Å²) in [5.41, 5.74) is 0. The molecule has 0 aromatic heterocycles. The lowest BCUT2D eigenvalue weighted by atomic mass is 9.96. The predicted molar refractivity (Wildman–Crippen MR) is 64.2 cm³/mol.